The molecule has 7 heteroatoms. The van der Waals surface area contributed by atoms with Crippen molar-refractivity contribution >= 4 is 17.6 Å². The average molecular weight is 296 g/mol. The zero-order valence-corrected chi connectivity index (χ0v) is 12.8. The van der Waals surface area contributed by atoms with Gasteiger partial charge in [0.05, 0.1) is 5.69 Å². The summed E-state index contributed by atoms with van der Waals surface area (Å²) in [5.41, 5.74) is 0.572. The summed E-state index contributed by atoms with van der Waals surface area (Å²) in [6, 6.07) is 0.510. The van der Waals surface area contributed by atoms with Gasteiger partial charge in [-0.15, -0.1) is 5.10 Å². The van der Waals surface area contributed by atoms with Crippen LogP contribution in [0.25, 0.3) is 0 Å². The number of carbonyl (C=O) groups excluding carboxylic acids is 1. The standard InChI is InChI=1S/C13H20N4O2S/c1-13(2,3)19-12(18)17-5-9-10(6-17)11(9)14-4-8-7-20-16-15-8/h7,9-11,14H,4-6H2,1-3H3. The van der Waals surface area contributed by atoms with Gasteiger partial charge >= 0.3 is 6.09 Å². The first kappa shape index (κ1) is 13.8. The fraction of sp³-hybridized carbons (Fsp3) is 0.769. The van der Waals surface area contributed by atoms with Gasteiger partial charge in [0.2, 0.25) is 0 Å². The van der Waals surface area contributed by atoms with E-state index in [9.17, 15) is 4.79 Å². The molecule has 20 heavy (non-hydrogen) atoms. The molecule has 1 N–H and O–H groups in total. The zero-order valence-electron chi connectivity index (χ0n) is 12.0. The molecule has 1 saturated carbocycles. The second-order valence-corrected chi connectivity index (χ2v) is 7.13. The smallest absolute Gasteiger partial charge is 0.410 e. The summed E-state index contributed by atoms with van der Waals surface area (Å²) < 4.78 is 9.24. The fourth-order valence-corrected chi connectivity index (χ4v) is 3.24. The minimum Gasteiger partial charge on any atom is -0.444 e. The van der Waals surface area contributed by atoms with Gasteiger partial charge in [-0.2, -0.15) is 0 Å². The Kier molecular flexibility index (Phi) is 3.41. The molecule has 1 aromatic rings. The molecule has 3 rings (SSSR count). The van der Waals surface area contributed by atoms with E-state index in [4.69, 9.17) is 4.74 Å². The van der Waals surface area contributed by atoms with E-state index in [-0.39, 0.29) is 6.09 Å². The lowest BCUT2D eigenvalue weighted by Gasteiger charge is -2.26. The maximum Gasteiger partial charge on any atom is 0.410 e. The van der Waals surface area contributed by atoms with Crippen molar-refractivity contribution in [2.24, 2.45) is 11.8 Å². The summed E-state index contributed by atoms with van der Waals surface area (Å²) in [6.45, 7) is 8.05. The van der Waals surface area contributed by atoms with E-state index in [2.05, 4.69) is 14.9 Å². The van der Waals surface area contributed by atoms with Crippen LogP contribution in [0.2, 0.25) is 0 Å². The normalized spacial score (nSPS) is 28.4. The lowest BCUT2D eigenvalue weighted by molar-refractivity contribution is 0.0269. The maximum atomic E-state index is 11.9. The van der Waals surface area contributed by atoms with Crippen molar-refractivity contribution in [3.05, 3.63) is 11.1 Å². The molecule has 6 nitrogen and oxygen atoms in total. The molecule has 0 spiro atoms. The van der Waals surface area contributed by atoms with Gasteiger partial charge in [0.25, 0.3) is 0 Å². The van der Waals surface area contributed by atoms with E-state index in [1.165, 1.54) is 11.5 Å². The molecule has 1 aliphatic heterocycles. The van der Waals surface area contributed by atoms with Crippen molar-refractivity contribution in [2.45, 2.75) is 39.0 Å². The van der Waals surface area contributed by atoms with Gasteiger partial charge in [0.15, 0.2) is 0 Å². The van der Waals surface area contributed by atoms with Crippen molar-refractivity contribution in [2.75, 3.05) is 13.1 Å². The highest BCUT2D eigenvalue weighted by Crippen LogP contribution is 2.45. The average Bonchev–Trinajstić information content (AvgIpc) is 2.78. The molecule has 2 unspecified atom stereocenters. The number of likely N-dealkylation sites (tertiary alicyclic amines) is 1. The van der Waals surface area contributed by atoms with E-state index in [0.29, 0.717) is 17.9 Å². The number of fused-ring (bicyclic) bond motifs is 1. The van der Waals surface area contributed by atoms with Crippen molar-refractivity contribution in [3.8, 4) is 0 Å². The third-order valence-corrected chi connectivity index (χ3v) is 4.32. The number of hydrogen-bond acceptors (Lipinski definition) is 6. The van der Waals surface area contributed by atoms with E-state index in [0.717, 1.165) is 25.3 Å². The number of amides is 1. The highest BCUT2D eigenvalue weighted by atomic mass is 32.1. The summed E-state index contributed by atoms with van der Waals surface area (Å²) in [7, 11) is 0. The van der Waals surface area contributed by atoms with Gasteiger partial charge < -0.3 is 15.0 Å². The van der Waals surface area contributed by atoms with Gasteiger partial charge in [-0.05, 0) is 44.1 Å². The quantitative estimate of drug-likeness (QED) is 0.915. The van der Waals surface area contributed by atoms with Crippen molar-refractivity contribution in [1.82, 2.24) is 19.8 Å². The molecule has 110 valence electrons. The molecule has 1 amide bonds. The SMILES string of the molecule is CC(C)(C)OC(=O)N1CC2C(C1)C2NCc1csnn1. The van der Waals surface area contributed by atoms with E-state index < -0.39 is 5.60 Å². The molecule has 1 saturated heterocycles. The van der Waals surface area contributed by atoms with Gasteiger partial charge in [0, 0.05) is 31.1 Å². The van der Waals surface area contributed by atoms with Gasteiger partial charge in [-0.1, -0.05) is 4.49 Å². The van der Waals surface area contributed by atoms with Crippen LogP contribution in [-0.4, -0.2) is 45.3 Å². The van der Waals surface area contributed by atoms with Crippen LogP contribution in [0.15, 0.2) is 5.38 Å². The fourth-order valence-electron chi connectivity index (χ4n) is 2.79. The highest BCUT2D eigenvalue weighted by molar-refractivity contribution is 7.03. The summed E-state index contributed by atoms with van der Waals surface area (Å²) in [5, 5.41) is 9.47. The van der Waals surface area contributed by atoms with Crippen LogP contribution in [0.3, 0.4) is 0 Å². The van der Waals surface area contributed by atoms with Crippen LogP contribution in [-0.2, 0) is 11.3 Å². The Morgan fingerprint density at radius 2 is 2.20 bits per heavy atom. The minimum atomic E-state index is -0.418. The largest absolute Gasteiger partial charge is 0.444 e. The minimum absolute atomic E-state index is 0.188. The lowest BCUT2D eigenvalue weighted by Crippen LogP contribution is -2.39. The Morgan fingerprint density at radius 1 is 1.50 bits per heavy atom. The number of hydrogen-bond donors (Lipinski definition) is 1. The van der Waals surface area contributed by atoms with E-state index >= 15 is 0 Å². The van der Waals surface area contributed by atoms with Crippen molar-refractivity contribution in [1.29, 1.82) is 0 Å². The summed E-state index contributed by atoms with van der Waals surface area (Å²) in [5.74, 6) is 1.13. The molecule has 2 fully saturated rings. The predicted octanol–water partition coefficient (Wildman–Crippen LogP) is 1.49. The molecule has 0 aromatic carbocycles. The first-order valence-corrected chi connectivity index (χ1v) is 7.75. The van der Waals surface area contributed by atoms with Crippen LogP contribution in [0.5, 0.6) is 0 Å². The van der Waals surface area contributed by atoms with Crippen molar-refractivity contribution in [3.63, 3.8) is 0 Å². The third kappa shape index (κ3) is 2.93. The highest BCUT2D eigenvalue weighted by Gasteiger charge is 2.56. The Morgan fingerprint density at radius 3 is 2.75 bits per heavy atom. The lowest BCUT2D eigenvalue weighted by atomic mass is 10.2. The zero-order chi connectivity index (χ0) is 14.3. The molecule has 0 bridgehead atoms. The first-order chi connectivity index (χ1) is 9.44. The number of carbonyl (C=O) groups is 1. The number of ether oxygens (including phenoxy) is 1. The molecule has 2 aliphatic rings. The second-order valence-electron chi connectivity index (χ2n) is 6.52. The molecule has 0 radical (unpaired) electrons. The Labute approximate surface area is 122 Å². The maximum absolute atomic E-state index is 11.9. The topological polar surface area (TPSA) is 67.3 Å². The van der Waals surface area contributed by atoms with Gasteiger partial charge in [-0.25, -0.2) is 4.79 Å². The van der Waals surface area contributed by atoms with E-state index in [1.807, 2.05) is 31.1 Å². The summed E-state index contributed by atoms with van der Waals surface area (Å²) >= 11 is 1.37. The van der Waals surface area contributed by atoms with E-state index in [1.54, 1.807) is 0 Å². The molecular formula is C13H20N4O2S. The van der Waals surface area contributed by atoms with Gasteiger partial charge in [0.1, 0.15) is 5.60 Å². The Bertz CT molecular complexity index is 473. The second kappa shape index (κ2) is 4.96. The first-order valence-electron chi connectivity index (χ1n) is 6.91. The van der Waals surface area contributed by atoms with Crippen LogP contribution in [0, 0.1) is 11.8 Å². The van der Waals surface area contributed by atoms with Crippen LogP contribution in [0.4, 0.5) is 4.79 Å². The number of aromatic nitrogens is 2. The molecule has 1 aliphatic carbocycles. The third-order valence-electron chi connectivity index (χ3n) is 3.77. The monoisotopic (exact) mass is 296 g/mol. The molecular weight excluding hydrogens is 276 g/mol. The summed E-state index contributed by atoms with van der Waals surface area (Å²) in [4.78, 5) is 13.8. The number of nitrogens with one attached hydrogen (secondary N) is 1. The Hall–Kier alpha value is -1.21. The number of nitrogens with zero attached hydrogens (tertiary/aromatic N) is 3. The molecule has 2 atom stereocenters. The molecule has 1 aromatic heterocycles. The predicted molar refractivity (Wildman–Crippen MR) is 75.3 cm³/mol. The molecule has 2 heterocycles. The number of rotatable bonds is 3. The van der Waals surface area contributed by atoms with Crippen LogP contribution >= 0.6 is 11.5 Å². The van der Waals surface area contributed by atoms with Crippen LogP contribution < -0.4 is 5.32 Å². The van der Waals surface area contributed by atoms with Crippen molar-refractivity contribution < 1.29 is 9.53 Å². The van der Waals surface area contributed by atoms with Crippen LogP contribution in [0.1, 0.15) is 26.5 Å². The number of piperidine rings is 1. The van der Waals surface area contributed by atoms with Gasteiger partial charge in [-0.3, -0.25) is 0 Å². The summed E-state index contributed by atoms with van der Waals surface area (Å²) in [6.07, 6.45) is -0.188. The Balaban J connectivity index is 1.43.